The number of carbonyl (C=O) groups excluding carboxylic acids is 2. The summed E-state index contributed by atoms with van der Waals surface area (Å²) in [4.78, 5) is 24.6. The van der Waals surface area contributed by atoms with Crippen molar-refractivity contribution in [1.82, 2.24) is 0 Å². The lowest BCUT2D eigenvalue weighted by molar-refractivity contribution is -0.148. The number of para-hydroxylation sites is 1. The highest BCUT2D eigenvalue weighted by molar-refractivity contribution is 5.97. The van der Waals surface area contributed by atoms with Crippen molar-refractivity contribution in [2.45, 2.75) is 40.7 Å². The molecular weight excluding hydrogens is 394 g/mol. The van der Waals surface area contributed by atoms with Gasteiger partial charge < -0.3 is 19.5 Å². The predicted octanol–water partition coefficient (Wildman–Crippen LogP) is 4.93. The smallest absolute Gasteiger partial charge is 0.331 e. The van der Waals surface area contributed by atoms with Gasteiger partial charge in [-0.05, 0) is 61.6 Å². The number of amides is 1. The van der Waals surface area contributed by atoms with Crippen molar-refractivity contribution in [3.63, 3.8) is 0 Å². The van der Waals surface area contributed by atoms with Gasteiger partial charge in [0.25, 0.3) is 5.91 Å². The average Bonchev–Trinajstić information content (AvgIpc) is 2.73. The molecular formula is C25H31NO5. The highest BCUT2D eigenvalue weighted by Gasteiger charge is 2.18. The molecule has 0 spiro atoms. The van der Waals surface area contributed by atoms with Gasteiger partial charge in [0.15, 0.2) is 17.6 Å². The molecule has 0 aliphatic rings. The van der Waals surface area contributed by atoms with Crippen LogP contribution in [0.5, 0.6) is 11.5 Å². The van der Waals surface area contributed by atoms with Crippen molar-refractivity contribution in [1.29, 1.82) is 0 Å². The maximum absolute atomic E-state index is 12.4. The van der Waals surface area contributed by atoms with Crippen LogP contribution >= 0.6 is 0 Å². The van der Waals surface area contributed by atoms with Crippen molar-refractivity contribution in [2.75, 3.05) is 19.0 Å². The fraction of sp³-hybridized carbons (Fsp3) is 0.360. The molecule has 0 unspecified atom stereocenters. The highest BCUT2D eigenvalue weighted by Crippen LogP contribution is 2.29. The van der Waals surface area contributed by atoms with Crippen LogP contribution in [0.15, 0.2) is 42.5 Å². The number of hydrogen-bond acceptors (Lipinski definition) is 5. The van der Waals surface area contributed by atoms with Gasteiger partial charge in [0.2, 0.25) is 0 Å². The molecule has 0 aliphatic carbocycles. The molecule has 0 saturated carbocycles. The van der Waals surface area contributed by atoms with Gasteiger partial charge >= 0.3 is 5.97 Å². The van der Waals surface area contributed by atoms with E-state index in [0.717, 1.165) is 22.4 Å². The molecule has 0 saturated heterocycles. The number of rotatable bonds is 9. The second-order valence-corrected chi connectivity index (χ2v) is 7.78. The molecule has 0 bridgehead atoms. The van der Waals surface area contributed by atoms with Crippen molar-refractivity contribution >= 4 is 23.6 Å². The molecule has 166 valence electrons. The maximum atomic E-state index is 12.4. The molecule has 31 heavy (non-hydrogen) atoms. The van der Waals surface area contributed by atoms with Crippen LogP contribution < -0.4 is 14.8 Å². The summed E-state index contributed by atoms with van der Waals surface area (Å²) in [6, 6.07) is 11.1. The van der Waals surface area contributed by atoms with E-state index in [4.69, 9.17) is 14.2 Å². The molecule has 6 nitrogen and oxygen atoms in total. The number of benzene rings is 2. The average molecular weight is 426 g/mol. The molecule has 0 aliphatic heterocycles. The molecule has 2 aromatic carbocycles. The summed E-state index contributed by atoms with van der Waals surface area (Å²) in [5, 5.41) is 2.83. The molecule has 0 heterocycles. The van der Waals surface area contributed by atoms with Gasteiger partial charge in [-0.2, -0.15) is 0 Å². The summed E-state index contributed by atoms with van der Waals surface area (Å²) in [7, 11) is 1.57. The fourth-order valence-electron chi connectivity index (χ4n) is 2.83. The summed E-state index contributed by atoms with van der Waals surface area (Å²) in [6.45, 7) is 10.1. The van der Waals surface area contributed by atoms with Crippen molar-refractivity contribution in [3.05, 3.63) is 59.2 Å². The van der Waals surface area contributed by atoms with Crippen LogP contribution in [0.1, 0.15) is 37.5 Å². The second-order valence-electron chi connectivity index (χ2n) is 7.78. The Morgan fingerprint density at radius 3 is 2.32 bits per heavy atom. The van der Waals surface area contributed by atoms with E-state index in [1.54, 1.807) is 32.2 Å². The second kappa shape index (κ2) is 11.2. The number of hydrogen-bond donors (Lipinski definition) is 1. The topological polar surface area (TPSA) is 73.9 Å². The van der Waals surface area contributed by atoms with Gasteiger partial charge in [0.1, 0.15) is 0 Å². The zero-order valence-corrected chi connectivity index (χ0v) is 19.0. The normalized spacial score (nSPS) is 12.0. The zero-order valence-electron chi connectivity index (χ0n) is 19.0. The lowest BCUT2D eigenvalue weighted by Gasteiger charge is -2.15. The van der Waals surface area contributed by atoms with E-state index in [9.17, 15) is 9.59 Å². The van der Waals surface area contributed by atoms with Gasteiger partial charge in [-0.15, -0.1) is 0 Å². The summed E-state index contributed by atoms with van der Waals surface area (Å²) < 4.78 is 16.3. The first-order valence-corrected chi connectivity index (χ1v) is 10.3. The molecule has 6 heteroatoms. The Balaban J connectivity index is 1.97. The Kier molecular flexibility index (Phi) is 8.67. The lowest BCUT2D eigenvalue weighted by atomic mass is 10.1. The van der Waals surface area contributed by atoms with Gasteiger partial charge in [-0.3, -0.25) is 4.79 Å². The summed E-state index contributed by atoms with van der Waals surface area (Å²) in [6.07, 6.45) is 1.96. The largest absolute Gasteiger partial charge is 0.493 e. The minimum atomic E-state index is -0.933. The monoisotopic (exact) mass is 425 g/mol. The number of methoxy groups -OCH3 is 1. The molecule has 1 N–H and O–H groups in total. The van der Waals surface area contributed by atoms with Crippen LogP contribution in [0.25, 0.3) is 6.08 Å². The van der Waals surface area contributed by atoms with Gasteiger partial charge in [-0.25, -0.2) is 4.79 Å². The molecule has 2 rings (SSSR count). The van der Waals surface area contributed by atoms with Gasteiger partial charge in [0.05, 0.1) is 13.7 Å². The Morgan fingerprint density at radius 1 is 1.03 bits per heavy atom. The SMILES string of the molecule is COc1cc(/C=C/C(=O)O[C@@H](C)C(=O)Nc2c(C)cccc2C)ccc1OCC(C)C. The molecule has 2 aromatic rings. The highest BCUT2D eigenvalue weighted by atomic mass is 16.5. The molecule has 1 amide bonds. The minimum Gasteiger partial charge on any atom is -0.493 e. The van der Waals surface area contributed by atoms with Crippen LogP contribution in [0.3, 0.4) is 0 Å². The molecule has 0 radical (unpaired) electrons. The van der Waals surface area contributed by atoms with Crippen LogP contribution in [-0.2, 0) is 14.3 Å². The lowest BCUT2D eigenvalue weighted by Crippen LogP contribution is -2.30. The maximum Gasteiger partial charge on any atom is 0.331 e. The van der Waals surface area contributed by atoms with Crippen LogP contribution in [0.4, 0.5) is 5.69 Å². The van der Waals surface area contributed by atoms with Crippen LogP contribution in [0, 0.1) is 19.8 Å². The first-order valence-electron chi connectivity index (χ1n) is 10.3. The number of nitrogens with one attached hydrogen (secondary N) is 1. The van der Waals surface area contributed by atoms with Crippen molar-refractivity contribution in [3.8, 4) is 11.5 Å². The van der Waals surface area contributed by atoms with E-state index in [2.05, 4.69) is 19.2 Å². The summed E-state index contributed by atoms with van der Waals surface area (Å²) in [5.41, 5.74) is 3.37. The Labute approximate surface area is 184 Å². The molecule has 0 fully saturated rings. The quantitative estimate of drug-likeness (QED) is 0.455. The van der Waals surface area contributed by atoms with Gasteiger partial charge in [-0.1, -0.05) is 38.1 Å². The minimum absolute atomic E-state index is 0.382. The summed E-state index contributed by atoms with van der Waals surface area (Å²) >= 11 is 0. The van der Waals surface area contributed by atoms with E-state index in [1.165, 1.54) is 6.08 Å². The van der Waals surface area contributed by atoms with E-state index in [0.29, 0.717) is 24.0 Å². The summed E-state index contributed by atoms with van der Waals surface area (Å²) in [5.74, 6) is 0.633. The molecule has 1 atom stereocenters. The zero-order chi connectivity index (χ0) is 23.0. The van der Waals surface area contributed by atoms with Crippen molar-refractivity contribution in [2.24, 2.45) is 5.92 Å². The number of esters is 1. The first-order chi connectivity index (χ1) is 14.7. The Morgan fingerprint density at radius 2 is 1.71 bits per heavy atom. The third kappa shape index (κ3) is 7.17. The first kappa shape index (κ1) is 24.0. The van der Waals surface area contributed by atoms with E-state index in [1.807, 2.05) is 38.1 Å². The Bertz CT molecular complexity index is 929. The fourth-order valence-corrected chi connectivity index (χ4v) is 2.83. The standard InChI is InChI=1S/C25H31NO5/c1-16(2)15-30-21-12-10-20(14-22(21)29-6)11-13-23(27)31-19(5)25(28)26-24-17(3)8-7-9-18(24)4/h7-14,16,19H,15H2,1-6H3,(H,26,28)/b13-11+/t19-/m0/s1. The Hall–Kier alpha value is -3.28. The van der Waals surface area contributed by atoms with E-state index in [-0.39, 0.29) is 5.91 Å². The number of aryl methyl sites for hydroxylation is 2. The van der Waals surface area contributed by atoms with Crippen molar-refractivity contribution < 1.29 is 23.8 Å². The third-order valence-corrected chi connectivity index (χ3v) is 4.56. The van der Waals surface area contributed by atoms with Gasteiger partial charge in [0, 0.05) is 11.8 Å². The third-order valence-electron chi connectivity index (χ3n) is 4.56. The predicted molar refractivity (Wildman–Crippen MR) is 122 cm³/mol. The van der Waals surface area contributed by atoms with Crippen LogP contribution in [-0.4, -0.2) is 31.7 Å². The molecule has 0 aromatic heterocycles. The van der Waals surface area contributed by atoms with E-state index >= 15 is 0 Å². The number of carbonyl (C=O) groups is 2. The van der Waals surface area contributed by atoms with E-state index < -0.39 is 12.1 Å². The van der Waals surface area contributed by atoms with Crippen LogP contribution in [0.2, 0.25) is 0 Å². The number of ether oxygens (including phenoxy) is 3. The number of anilines is 1.